The molecule has 122 valence electrons. The first-order valence-electron chi connectivity index (χ1n) is 8.03. The van der Waals surface area contributed by atoms with Crippen molar-refractivity contribution >= 4 is 5.95 Å². The summed E-state index contributed by atoms with van der Waals surface area (Å²) in [6.45, 7) is 7.21. The zero-order valence-electron chi connectivity index (χ0n) is 14.1. The molecule has 1 aromatic carbocycles. The fraction of sp³-hybridized carbons (Fsp3) is 0.500. The lowest BCUT2D eigenvalue weighted by Gasteiger charge is -2.18. The highest BCUT2D eigenvalue weighted by Crippen LogP contribution is 2.40. The smallest absolute Gasteiger partial charge is 0.223 e. The van der Waals surface area contributed by atoms with E-state index in [1.807, 2.05) is 0 Å². The monoisotopic (exact) mass is 314 g/mol. The standard InChI is InChI=1S/C18H23FN4/c1-10-5-6-12-8-11(2)13(14(12)7-10)9-15-21-16(18(3,4)19)23-17(20)22-15/h5-7,11,13H,8-9H2,1-4H3,(H2,20,21,22,23). The van der Waals surface area contributed by atoms with Crippen LogP contribution in [0.4, 0.5) is 10.3 Å². The first-order chi connectivity index (χ1) is 10.7. The van der Waals surface area contributed by atoms with E-state index < -0.39 is 5.67 Å². The minimum Gasteiger partial charge on any atom is -0.368 e. The quantitative estimate of drug-likeness (QED) is 0.942. The summed E-state index contributed by atoms with van der Waals surface area (Å²) in [6, 6.07) is 6.60. The van der Waals surface area contributed by atoms with Crippen molar-refractivity contribution in [3.8, 4) is 0 Å². The average Bonchev–Trinajstić information content (AvgIpc) is 2.73. The third-order valence-corrected chi connectivity index (χ3v) is 4.56. The summed E-state index contributed by atoms with van der Waals surface area (Å²) in [6.07, 6.45) is 1.72. The number of hydrogen-bond acceptors (Lipinski definition) is 4. The molecule has 1 aromatic heterocycles. The summed E-state index contributed by atoms with van der Waals surface area (Å²) in [5.41, 5.74) is 8.13. The number of benzene rings is 1. The Labute approximate surface area is 136 Å². The van der Waals surface area contributed by atoms with E-state index in [0.29, 0.717) is 24.1 Å². The first-order valence-corrected chi connectivity index (χ1v) is 8.03. The molecular weight excluding hydrogens is 291 g/mol. The van der Waals surface area contributed by atoms with Crippen LogP contribution in [0.2, 0.25) is 0 Å². The number of aryl methyl sites for hydroxylation is 1. The predicted octanol–water partition coefficient (Wildman–Crippen LogP) is 3.49. The van der Waals surface area contributed by atoms with E-state index in [-0.39, 0.29) is 11.8 Å². The highest BCUT2D eigenvalue weighted by molar-refractivity contribution is 5.39. The normalized spacial score (nSPS) is 20.6. The van der Waals surface area contributed by atoms with E-state index in [2.05, 4.69) is 47.0 Å². The van der Waals surface area contributed by atoms with Crippen molar-refractivity contribution in [1.82, 2.24) is 15.0 Å². The molecule has 0 bridgehead atoms. The van der Waals surface area contributed by atoms with Gasteiger partial charge < -0.3 is 5.73 Å². The SMILES string of the molecule is Cc1ccc2c(c1)C(Cc1nc(N)nc(C(C)(C)F)n1)C(C)C2. The van der Waals surface area contributed by atoms with Crippen LogP contribution in [-0.4, -0.2) is 15.0 Å². The van der Waals surface area contributed by atoms with Crippen LogP contribution in [0.15, 0.2) is 18.2 Å². The van der Waals surface area contributed by atoms with Crippen molar-refractivity contribution in [3.63, 3.8) is 0 Å². The summed E-state index contributed by atoms with van der Waals surface area (Å²) in [5.74, 6) is 1.61. The Morgan fingerprint density at radius 1 is 1.26 bits per heavy atom. The lowest BCUT2D eigenvalue weighted by Crippen LogP contribution is -2.19. The first kappa shape index (κ1) is 15.8. The van der Waals surface area contributed by atoms with Crippen LogP contribution in [0.3, 0.4) is 0 Å². The zero-order chi connectivity index (χ0) is 16.8. The Balaban J connectivity index is 1.94. The van der Waals surface area contributed by atoms with Crippen molar-refractivity contribution in [2.24, 2.45) is 5.92 Å². The molecule has 5 heteroatoms. The lowest BCUT2D eigenvalue weighted by atomic mass is 9.90. The number of hydrogen-bond donors (Lipinski definition) is 1. The maximum Gasteiger partial charge on any atom is 0.223 e. The van der Waals surface area contributed by atoms with E-state index in [1.54, 1.807) is 0 Å². The number of anilines is 1. The average molecular weight is 314 g/mol. The number of alkyl halides is 1. The highest BCUT2D eigenvalue weighted by atomic mass is 19.1. The van der Waals surface area contributed by atoms with Gasteiger partial charge in [-0.2, -0.15) is 9.97 Å². The van der Waals surface area contributed by atoms with Gasteiger partial charge in [-0.1, -0.05) is 30.7 Å². The van der Waals surface area contributed by atoms with Gasteiger partial charge in [-0.05, 0) is 50.2 Å². The van der Waals surface area contributed by atoms with Crippen LogP contribution in [0.5, 0.6) is 0 Å². The summed E-state index contributed by atoms with van der Waals surface area (Å²) in [5, 5.41) is 0. The summed E-state index contributed by atoms with van der Waals surface area (Å²) in [7, 11) is 0. The number of aromatic nitrogens is 3. The van der Waals surface area contributed by atoms with Gasteiger partial charge in [-0.3, -0.25) is 0 Å². The molecule has 2 atom stereocenters. The molecule has 0 amide bonds. The fourth-order valence-corrected chi connectivity index (χ4v) is 3.34. The molecule has 0 spiro atoms. The van der Waals surface area contributed by atoms with Crippen LogP contribution in [0.25, 0.3) is 0 Å². The molecule has 3 rings (SSSR count). The van der Waals surface area contributed by atoms with Crippen LogP contribution in [0, 0.1) is 12.8 Å². The minimum atomic E-state index is -1.62. The van der Waals surface area contributed by atoms with Gasteiger partial charge in [0.05, 0.1) is 0 Å². The van der Waals surface area contributed by atoms with E-state index in [4.69, 9.17) is 5.73 Å². The molecule has 0 aliphatic heterocycles. The molecule has 2 aromatic rings. The van der Waals surface area contributed by atoms with E-state index in [0.717, 1.165) is 6.42 Å². The molecule has 1 aliphatic carbocycles. The van der Waals surface area contributed by atoms with Gasteiger partial charge in [0.25, 0.3) is 0 Å². The molecule has 1 heterocycles. The second kappa shape index (κ2) is 5.55. The lowest BCUT2D eigenvalue weighted by molar-refractivity contribution is 0.205. The van der Waals surface area contributed by atoms with E-state index in [1.165, 1.54) is 30.5 Å². The van der Waals surface area contributed by atoms with Gasteiger partial charge in [0.2, 0.25) is 5.95 Å². The van der Waals surface area contributed by atoms with Gasteiger partial charge in [-0.15, -0.1) is 0 Å². The zero-order valence-corrected chi connectivity index (χ0v) is 14.1. The maximum absolute atomic E-state index is 14.2. The van der Waals surface area contributed by atoms with Gasteiger partial charge in [0.1, 0.15) is 5.82 Å². The molecule has 4 nitrogen and oxygen atoms in total. The van der Waals surface area contributed by atoms with Crippen molar-refractivity contribution < 1.29 is 4.39 Å². The maximum atomic E-state index is 14.2. The van der Waals surface area contributed by atoms with Crippen molar-refractivity contribution in [2.75, 3.05) is 5.73 Å². The van der Waals surface area contributed by atoms with Gasteiger partial charge >= 0.3 is 0 Å². The van der Waals surface area contributed by atoms with Crippen LogP contribution >= 0.6 is 0 Å². The van der Waals surface area contributed by atoms with Gasteiger partial charge in [-0.25, -0.2) is 9.37 Å². The van der Waals surface area contributed by atoms with Crippen molar-refractivity contribution in [3.05, 3.63) is 46.5 Å². The molecule has 0 fully saturated rings. The van der Waals surface area contributed by atoms with E-state index in [9.17, 15) is 4.39 Å². The second-order valence-electron chi connectivity index (χ2n) is 7.10. The summed E-state index contributed by atoms with van der Waals surface area (Å²) >= 11 is 0. The molecule has 1 aliphatic rings. The van der Waals surface area contributed by atoms with Gasteiger partial charge in [0, 0.05) is 6.42 Å². The molecule has 0 saturated heterocycles. The third-order valence-electron chi connectivity index (χ3n) is 4.56. The topological polar surface area (TPSA) is 64.7 Å². The fourth-order valence-electron chi connectivity index (χ4n) is 3.34. The number of fused-ring (bicyclic) bond motifs is 1. The highest BCUT2D eigenvalue weighted by Gasteiger charge is 2.31. The summed E-state index contributed by atoms with van der Waals surface area (Å²) in [4.78, 5) is 12.5. The minimum absolute atomic E-state index is 0.0887. The molecule has 23 heavy (non-hydrogen) atoms. The Morgan fingerprint density at radius 2 is 2.00 bits per heavy atom. The predicted molar refractivity (Wildman–Crippen MR) is 88.9 cm³/mol. The van der Waals surface area contributed by atoms with Crippen LogP contribution in [0.1, 0.15) is 55.0 Å². The van der Waals surface area contributed by atoms with Crippen molar-refractivity contribution in [1.29, 1.82) is 0 Å². The van der Waals surface area contributed by atoms with Crippen molar-refractivity contribution in [2.45, 2.75) is 52.1 Å². The number of nitrogens with zero attached hydrogens (tertiary/aromatic N) is 3. The number of rotatable bonds is 3. The molecular formula is C18H23FN4. The largest absolute Gasteiger partial charge is 0.368 e. The van der Waals surface area contributed by atoms with Crippen LogP contribution < -0.4 is 5.73 Å². The van der Waals surface area contributed by atoms with Crippen LogP contribution in [-0.2, 0) is 18.5 Å². The molecule has 2 N–H and O–H groups in total. The molecule has 2 unspecified atom stereocenters. The van der Waals surface area contributed by atoms with E-state index >= 15 is 0 Å². The van der Waals surface area contributed by atoms with Gasteiger partial charge in [0.15, 0.2) is 11.5 Å². The number of halogens is 1. The molecule has 0 radical (unpaired) electrons. The Kier molecular flexibility index (Phi) is 3.82. The second-order valence-corrected chi connectivity index (χ2v) is 7.10. The third kappa shape index (κ3) is 3.19. The Bertz CT molecular complexity index is 736. The Hall–Kier alpha value is -2.04. The Morgan fingerprint density at radius 3 is 2.70 bits per heavy atom. The number of nitrogen functional groups attached to an aromatic ring is 1. The number of nitrogens with two attached hydrogens (primary N) is 1. The molecule has 0 saturated carbocycles. The summed E-state index contributed by atoms with van der Waals surface area (Å²) < 4.78 is 14.2.